The summed E-state index contributed by atoms with van der Waals surface area (Å²) in [6.45, 7) is 3.54. The van der Waals surface area contributed by atoms with Gasteiger partial charge in [0.05, 0.1) is 11.0 Å². The SMILES string of the molecule is CC(=NC(C)c1ccc([N+](=O)[O-])cc1)NC#N. The molecule has 0 heterocycles. The Bertz CT molecular complexity index is 473. The minimum absolute atomic E-state index is 0.0526. The number of nitriles is 1. The summed E-state index contributed by atoms with van der Waals surface area (Å²) < 4.78 is 0. The normalized spacial score (nSPS) is 12.6. The first-order chi connectivity index (χ1) is 8.04. The second kappa shape index (κ2) is 5.61. The van der Waals surface area contributed by atoms with Crippen molar-refractivity contribution in [2.24, 2.45) is 4.99 Å². The third-order valence-corrected chi connectivity index (χ3v) is 2.21. The molecule has 0 saturated heterocycles. The number of non-ortho nitro benzene ring substituents is 1. The quantitative estimate of drug-likeness (QED) is 0.216. The van der Waals surface area contributed by atoms with Crippen molar-refractivity contribution in [1.82, 2.24) is 5.32 Å². The molecule has 1 rings (SSSR count). The molecule has 1 N–H and O–H groups in total. The van der Waals surface area contributed by atoms with E-state index >= 15 is 0 Å². The first kappa shape index (κ1) is 12.6. The summed E-state index contributed by atoms with van der Waals surface area (Å²) in [4.78, 5) is 14.3. The zero-order valence-electron chi connectivity index (χ0n) is 9.54. The van der Waals surface area contributed by atoms with Crippen LogP contribution in [0.15, 0.2) is 29.3 Å². The van der Waals surface area contributed by atoms with E-state index in [2.05, 4.69) is 10.3 Å². The Morgan fingerprint density at radius 3 is 2.59 bits per heavy atom. The molecule has 6 heteroatoms. The topological polar surface area (TPSA) is 91.3 Å². The van der Waals surface area contributed by atoms with Gasteiger partial charge < -0.3 is 0 Å². The van der Waals surface area contributed by atoms with Gasteiger partial charge in [-0.2, -0.15) is 5.26 Å². The van der Waals surface area contributed by atoms with E-state index in [1.807, 2.05) is 6.92 Å². The standard InChI is InChI=1S/C11H12N4O2/c1-8(14-9(2)13-7-12)10-3-5-11(6-4-10)15(16)17/h3-6,8H,1-2H3,(H,13,14). The molecule has 1 aromatic carbocycles. The highest BCUT2D eigenvalue weighted by Crippen LogP contribution is 2.20. The van der Waals surface area contributed by atoms with Crippen molar-refractivity contribution in [2.75, 3.05) is 0 Å². The van der Waals surface area contributed by atoms with Crippen LogP contribution in [0.2, 0.25) is 0 Å². The van der Waals surface area contributed by atoms with Crippen LogP contribution in [0.3, 0.4) is 0 Å². The van der Waals surface area contributed by atoms with Gasteiger partial charge in [-0.25, -0.2) is 0 Å². The smallest absolute Gasteiger partial charge is 0.269 e. The summed E-state index contributed by atoms with van der Waals surface area (Å²) in [6.07, 6.45) is 1.78. The maximum atomic E-state index is 10.5. The summed E-state index contributed by atoms with van der Waals surface area (Å²) in [6, 6.07) is 6.04. The van der Waals surface area contributed by atoms with Crippen molar-refractivity contribution in [3.8, 4) is 6.19 Å². The van der Waals surface area contributed by atoms with Gasteiger partial charge in [0.1, 0.15) is 5.84 Å². The molecule has 0 aliphatic carbocycles. The van der Waals surface area contributed by atoms with Gasteiger partial charge in [0.2, 0.25) is 0 Å². The third kappa shape index (κ3) is 3.57. The number of nitro benzene ring substituents is 1. The monoisotopic (exact) mass is 232 g/mol. The van der Waals surface area contributed by atoms with Crippen LogP contribution in [0.25, 0.3) is 0 Å². The molecule has 0 bridgehead atoms. The fourth-order valence-electron chi connectivity index (χ4n) is 1.35. The summed E-state index contributed by atoms with van der Waals surface area (Å²) in [5.41, 5.74) is 0.909. The molecule has 1 atom stereocenters. The molecule has 0 radical (unpaired) electrons. The zero-order valence-corrected chi connectivity index (χ0v) is 9.54. The summed E-state index contributed by atoms with van der Waals surface area (Å²) >= 11 is 0. The van der Waals surface area contributed by atoms with E-state index in [4.69, 9.17) is 5.26 Å². The third-order valence-electron chi connectivity index (χ3n) is 2.21. The summed E-state index contributed by atoms with van der Waals surface area (Å²) in [7, 11) is 0. The molecule has 17 heavy (non-hydrogen) atoms. The largest absolute Gasteiger partial charge is 0.281 e. The predicted octanol–water partition coefficient (Wildman–Crippen LogP) is 2.14. The van der Waals surface area contributed by atoms with Crippen molar-refractivity contribution >= 4 is 11.5 Å². The lowest BCUT2D eigenvalue weighted by atomic mass is 10.1. The molecule has 0 saturated carbocycles. The Morgan fingerprint density at radius 1 is 1.53 bits per heavy atom. The number of hydrogen-bond donors (Lipinski definition) is 1. The molecule has 1 unspecified atom stereocenters. The Morgan fingerprint density at radius 2 is 2.12 bits per heavy atom. The second-order valence-electron chi connectivity index (χ2n) is 3.48. The van der Waals surface area contributed by atoms with Gasteiger partial charge in [0.15, 0.2) is 6.19 Å². The summed E-state index contributed by atoms with van der Waals surface area (Å²) in [5.74, 6) is 0.512. The van der Waals surface area contributed by atoms with Crippen molar-refractivity contribution in [3.05, 3.63) is 39.9 Å². The van der Waals surface area contributed by atoms with E-state index in [1.165, 1.54) is 12.1 Å². The number of nitrogens with one attached hydrogen (secondary N) is 1. The predicted molar refractivity (Wildman–Crippen MR) is 63.4 cm³/mol. The molecule has 0 spiro atoms. The molecular formula is C11H12N4O2. The molecule has 1 aromatic rings. The van der Waals surface area contributed by atoms with E-state index in [-0.39, 0.29) is 11.7 Å². The minimum atomic E-state index is -0.444. The van der Waals surface area contributed by atoms with Crippen molar-refractivity contribution < 1.29 is 4.92 Å². The van der Waals surface area contributed by atoms with E-state index < -0.39 is 4.92 Å². The molecular weight excluding hydrogens is 220 g/mol. The van der Waals surface area contributed by atoms with Crippen LogP contribution in [0, 0.1) is 21.6 Å². The Labute approximate surface area is 98.7 Å². The Balaban J connectivity index is 2.84. The van der Waals surface area contributed by atoms with E-state index in [0.29, 0.717) is 5.84 Å². The molecule has 0 aliphatic heterocycles. The van der Waals surface area contributed by atoms with Crippen molar-refractivity contribution in [2.45, 2.75) is 19.9 Å². The highest BCUT2D eigenvalue weighted by molar-refractivity contribution is 5.81. The zero-order chi connectivity index (χ0) is 12.8. The number of benzene rings is 1. The molecule has 6 nitrogen and oxygen atoms in total. The summed E-state index contributed by atoms with van der Waals surface area (Å²) in [5, 5.41) is 21.3. The van der Waals surface area contributed by atoms with Crippen molar-refractivity contribution in [1.29, 1.82) is 5.26 Å². The molecule has 0 aliphatic rings. The lowest BCUT2D eigenvalue weighted by Gasteiger charge is -2.07. The van der Waals surface area contributed by atoms with Gasteiger partial charge in [0.25, 0.3) is 5.69 Å². The highest BCUT2D eigenvalue weighted by Gasteiger charge is 2.08. The first-order valence-electron chi connectivity index (χ1n) is 4.98. The maximum Gasteiger partial charge on any atom is 0.269 e. The fraction of sp³-hybridized carbons (Fsp3) is 0.273. The Kier molecular flexibility index (Phi) is 4.17. The number of hydrogen-bond acceptors (Lipinski definition) is 4. The molecule has 88 valence electrons. The van der Waals surface area contributed by atoms with Crippen LogP contribution >= 0.6 is 0 Å². The highest BCUT2D eigenvalue weighted by atomic mass is 16.6. The number of amidine groups is 1. The minimum Gasteiger partial charge on any atom is -0.281 e. The van der Waals surface area contributed by atoms with Gasteiger partial charge in [-0.05, 0) is 19.4 Å². The van der Waals surface area contributed by atoms with Crippen LogP contribution < -0.4 is 5.32 Å². The van der Waals surface area contributed by atoms with Crippen LogP contribution in [0.4, 0.5) is 5.69 Å². The van der Waals surface area contributed by atoms with Crippen LogP contribution in [0.5, 0.6) is 0 Å². The number of aliphatic imine (C=N–C) groups is 1. The number of rotatable bonds is 3. The van der Waals surface area contributed by atoms with Gasteiger partial charge in [-0.3, -0.25) is 20.4 Å². The fourth-order valence-corrected chi connectivity index (χ4v) is 1.35. The van der Waals surface area contributed by atoms with Crippen LogP contribution in [-0.2, 0) is 0 Å². The van der Waals surface area contributed by atoms with Gasteiger partial charge >= 0.3 is 0 Å². The van der Waals surface area contributed by atoms with Crippen molar-refractivity contribution in [3.63, 3.8) is 0 Å². The van der Waals surface area contributed by atoms with E-state index in [1.54, 1.807) is 25.2 Å². The van der Waals surface area contributed by atoms with Gasteiger partial charge in [-0.1, -0.05) is 12.1 Å². The second-order valence-corrected chi connectivity index (χ2v) is 3.48. The number of nitrogens with zero attached hydrogens (tertiary/aromatic N) is 3. The van der Waals surface area contributed by atoms with Gasteiger partial charge in [-0.15, -0.1) is 0 Å². The number of nitro groups is 1. The van der Waals surface area contributed by atoms with E-state index in [0.717, 1.165) is 5.56 Å². The Hall–Kier alpha value is -2.42. The van der Waals surface area contributed by atoms with Gasteiger partial charge in [0, 0.05) is 12.1 Å². The van der Waals surface area contributed by atoms with Crippen LogP contribution in [-0.4, -0.2) is 10.8 Å². The molecule has 0 aromatic heterocycles. The maximum absolute atomic E-state index is 10.5. The average Bonchev–Trinajstić information content (AvgIpc) is 2.29. The first-order valence-corrected chi connectivity index (χ1v) is 4.98. The van der Waals surface area contributed by atoms with E-state index in [9.17, 15) is 10.1 Å². The molecule has 0 amide bonds. The molecule has 0 fully saturated rings. The van der Waals surface area contributed by atoms with Crippen LogP contribution in [0.1, 0.15) is 25.5 Å². The average molecular weight is 232 g/mol. The lowest BCUT2D eigenvalue weighted by Crippen LogP contribution is -2.14. The lowest BCUT2D eigenvalue weighted by molar-refractivity contribution is -0.384.